The summed E-state index contributed by atoms with van der Waals surface area (Å²) in [5.74, 6) is 0.376. The van der Waals surface area contributed by atoms with E-state index in [0.29, 0.717) is 34.8 Å². The molecule has 30 heavy (non-hydrogen) atoms. The van der Waals surface area contributed by atoms with E-state index in [1.165, 1.54) is 4.68 Å². The molecule has 1 aromatic carbocycles. The maximum atomic E-state index is 13.3. The molecule has 3 aromatic rings. The molecule has 0 aliphatic carbocycles. The van der Waals surface area contributed by atoms with Crippen LogP contribution in [0.3, 0.4) is 0 Å². The lowest BCUT2D eigenvalue weighted by atomic mass is 10.2. The Hall–Kier alpha value is -3.62. The quantitative estimate of drug-likeness (QED) is 0.433. The molecule has 0 spiro atoms. The summed E-state index contributed by atoms with van der Waals surface area (Å²) in [6.45, 7) is 2.48. The number of anilines is 3. The largest absolute Gasteiger partial charge is 0.382 e. The van der Waals surface area contributed by atoms with Gasteiger partial charge in [-0.1, -0.05) is 17.7 Å². The number of fused-ring (bicyclic) bond motifs is 1. The van der Waals surface area contributed by atoms with Crippen LogP contribution in [-0.2, 0) is 0 Å². The summed E-state index contributed by atoms with van der Waals surface area (Å²) < 4.78 is 1.40. The van der Waals surface area contributed by atoms with Crippen molar-refractivity contribution in [2.45, 2.75) is 13.0 Å². The monoisotopic (exact) mass is 428 g/mol. The summed E-state index contributed by atoms with van der Waals surface area (Å²) in [7, 11) is 1.72. The van der Waals surface area contributed by atoms with Crippen LogP contribution in [0.15, 0.2) is 23.0 Å². The van der Waals surface area contributed by atoms with Gasteiger partial charge in [0.15, 0.2) is 11.6 Å². The number of nitrogens with zero attached hydrogens (tertiary/aromatic N) is 6. The van der Waals surface area contributed by atoms with E-state index in [0.717, 1.165) is 0 Å². The van der Waals surface area contributed by atoms with Gasteiger partial charge in [0.05, 0.1) is 22.0 Å². The van der Waals surface area contributed by atoms with E-state index >= 15 is 0 Å². The topological polar surface area (TPSA) is 178 Å². The fraction of sp³-hybridized carbons (Fsp3) is 0.278. The Morgan fingerprint density at radius 2 is 2.07 bits per heavy atom. The molecule has 0 saturated heterocycles. The second-order valence-electron chi connectivity index (χ2n) is 6.56. The van der Waals surface area contributed by atoms with Gasteiger partial charge < -0.3 is 27.5 Å². The van der Waals surface area contributed by atoms with Crippen molar-refractivity contribution in [3.8, 4) is 6.07 Å². The van der Waals surface area contributed by atoms with Gasteiger partial charge in [-0.3, -0.25) is 4.79 Å². The van der Waals surface area contributed by atoms with Gasteiger partial charge in [0.25, 0.3) is 5.56 Å². The molecule has 0 fully saturated rings. The highest BCUT2D eigenvalue weighted by Crippen LogP contribution is 2.25. The Morgan fingerprint density at radius 3 is 2.73 bits per heavy atom. The smallest absolute Gasteiger partial charge is 0.281 e. The molecule has 0 radical (unpaired) electrons. The molecule has 0 amide bonds. The van der Waals surface area contributed by atoms with Crippen molar-refractivity contribution in [3.05, 3.63) is 45.0 Å². The normalized spacial score (nSPS) is 11.8. The van der Waals surface area contributed by atoms with Crippen molar-refractivity contribution in [1.29, 1.82) is 5.26 Å². The SMILES string of the molecule is C[C@H](Nc1nc(N)nc(N)c1C#N)c1nc2cccc(Cl)c2c(=O)n1N(C)CCN. The Kier molecular flexibility index (Phi) is 5.91. The van der Waals surface area contributed by atoms with Gasteiger partial charge in [0.1, 0.15) is 17.5 Å². The maximum absolute atomic E-state index is 13.3. The van der Waals surface area contributed by atoms with E-state index < -0.39 is 6.04 Å². The van der Waals surface area contributed by atoms with Gasteiger partial charge in [0.2, 0.25) is 5.95 Å². The molecular formula is C18H21ClN10O. The number of hydrogen-bond donors (Lipinski definition) is 4. The molecule has 1 atom stereocenters. The summed E-state index contributed by atoms with van der Waals surface area (Å²) in [4.78, 5) is 25.8. The molecule has 7 N–H and O–H groups in total. The average Bonchev–Trinajstić information content (AvgIpc) is 2.67. The zero-order valence-electron chi connectivity index (χ0n) is 16.4. The van der Waals surface area contributed by atoms with E-state index in [4.69, 9.17) is 28.8 Å². The summed E-state index contributed by atoms with van der Waals surface area (Å²) in [5.41, 5.74) is 17.3. The molecule has 0 bridgehead atoms. The van der Waals surface area contributed by atoms with Crippen molar-refractivity contribution in [2.75, 3.05) is 41.9 Å². The summed E-state index contributed by atoms with van der Waals surface area (Å²) >= 11 is 6.26. The maximum Gasteiger partial charge on any atom is 0.281 e. The number of aromatic nitrogens is 4. The number of benzene rings is 1. The van der Waals surface area contributed by atoms with Crippen LogP contribution in [-0.4, -0.2) is 39.8 Å². The van der Waals surface area contributed by atoms with Crippen LogP contribution in [0.4, 0.5) is 17.6 Å². The standard InChI is InChI=1S/C18H21ClN10O/c1-9(24-15-10(8-21)14(22)26-18(23)27-15)16-25-12-5-3-4-11(19)13(12)17(30)29(16)28(2)7-6-20/h3-5,9H,6-7,20H2,1-2H3,(H5,22,23,24,26,27)/t9-/m0/s1. The lowest BCUT2D eigenvalue weighted by molar-refractivity contribution is 0.569. The number of rotatable bonds is 6. The van der Waals surface area contributed by atoms with Crippen molar-refractivity contribution in [3.63, 3.8) is 0 Å². The summed E-state index contributed by atoms with van der Waals surface area (Å²) in [6, 6.07) is 6.43. The fourth-order valence-corrected chi connectivity index (χ4v) is 3.33. The number of nitrogens with one attached hydrogen (secondary N) is 1. The van der Waals surface area contributed by atoms with Gasteiger partial charge in [-0.25, -0.2) is 9.66 Å². The van der Waals surface area contributed by atoms with Gasteiger partial charge in [0, 0.05) is 20.1 Å². The first-order chi connectivity index (χ1) is 14.3. The van der Waals surface area contributed by atoms with Crippen LogP contribution in [0.2, 0.25) is 5.02 Å². The lowest BCUT2D eigenvalue weighted by Gasteiger charge is -2.27. The van der Waals surface area contributed by atoms with Crippen LogP contribution in [0.25, 0.3) is 10.9 Å². The minimum absolute atomic E-state index is 0.0455. The number of hydrogen-bond acceptors (Lipinski definition) is 10. The van der Waals surface area contributed by atoms with Crippen molar-refractivity contribution in [1.82, 2.24) is 19.6 Å². The molecule has 2 aromatic heterocycles. The third-order valence-electron chi connectivity index (χ3n) is 4.45. The highest BCUT2D eigenvalue weighted by Gasteiger charge is 2.22. The third kappa shape index (κ3) is 3.78. The number of nitriles is 1. The molecule has 11 nitrogen and oxygen atoms in total. The molecular weight excluding hydrogens is 408 g/mol. The van der Waals surface area contributed by atoms with Crippen molar-refractivity contribution < 1.29 is 0 Å². The Labute approximate surface area is 177 Å². The zero-order valence-corrected chi connectivity index (χ0v) is 17.2. The van der Waals surface area contributed by atoms with Crippen LogP contribution < -0.4 is 33.1 Å². The zero-order chi connectivity index (χ0) is 22.0. The number of halogens is 1. The molecule has 0 aliphatic heterocycles. The Morgan fingerprint density at radius 1 is 1.33 bits per heavy atom. The van der Waals surface area contributed by atoms with E-state index in [1.807, 2.05) is 6.07 Å². The molecule has 0 aliphatic rings. The predicted octanol–water partition coefficient (Wildman–Crippen LogP) is 0.576. The fourth-order valence-electron chi connectivity index (χ4n) is 3.08. The molecule has 156 valence electrons. The molecule has 2 heterocycles. The lowest BCUT2D eigenvalue weighted by Crippen LogP contribution is -2.45. The van der Waals surface area contributed by atoms with Crippen molar-refractivity contribution >= 4 is 40.1 Å². The van der Waals surface area contributed by atoms with Crippen LogP contribution in [0, 0.1) is 11.3 Å². The second kappa shape index (κ2) is 8.40. The summed E-state index contributed by atoms with van der Waals surface area (Å²) in [5, 5.41) is 14.7. The molecule has 3 rings (SSSR count). The number of nitrogen functional groups attached to an aromatic ring is 2. The Bertz CT molecular complexity index is 1200. The molecule has 0 unspecified atom stereocenters. The first-order valence-corrected chi connectivity index (χ1v) is 9.38. The van der Waals surface area contributed by atoms with Crippen molar-refractivity contribution in [2.24, 2.45) is 5.73 Å². The predicted molar refractivity (Wildman–Crippen MR) is 117 cm³/mol. The van der Waals surface area contributed by atoms with Gasteiger partial charge in [-0.2, -0.15) is 15.2 Å². The van der Waals surface area contributed by atoms with Gasteiger partial charge >= 0.3 is 0 Å². The highest BCUT2D eigenvalue weighted by atomic mass is 35.5. The number of nitrogens with two attached hydrogens (primary N) is 3. The van der Waals surface area contributed by atoms with E-state index in [-0.39, 0.29) is 28.7 Å². The van der Waals surface area contributed by atoms with E-state index in [9.17, 15) is 10.1 Å². The first-order valence-electron chi connectivity index (χ1n) is 9.00. The average molecular weight is 429 g/mol. The highest BCUT2D eigenvalue weighted by molar-refractivity contribution is 6.35. The minimum Gasteiger partial charge on any atom is -0.382 e. The van der Waals surface area contributed by atoms with Gasteiger partial charge in [-0.15, -0.1) is 0 Å². The molecule has 12 heteroatoms. The van der Waals surface area contributed by atoms with Crippen LogP contribution >= 0.6 is 11.6 Å². The third-order valence-corrected chi connectivity index (χ3v) is 4.77. The first kappa shape index (κ1) is 21.1. The Balaban J connectivity index is 2.19. The minimum atomic E-state index is -0.567. The van der Waals surface area contributed by atoms with Gasteiger partial charge in [-0.05, 0) is 19.1 Å². The second-order valence-corrected chi connectivity index (χ2v) is 6.97. The molecule has 0 saturated carbocycles. The summed E-state index contributed by atoms with van der Waals surface area (Å²) in [6.07, 6.45) is 0. The van der Waals surface area contributed by atoms with Crippen LogP contribution in [0.5, 0.6) is 0 Å². The number of likely N-dealkylation sites (N-methyl/N-ethyl adjacent to an activating group) is 1. The van der Waals surface area contributed by atoms with E-state index in [2.05, 4.69) is 20.3 Å². The van der Waals surface area contributed by atoms with E-state index in [1.54, 1.807) is 37.2 Å². The van der Waals surface area contributed by atoms with Crippen LogP contribution in [0.1, 0.15) is 24.4 Å².